The van der Waals surface area contributed by atoms with Crippen LogP contribution >= 0.6 is 0 Å². The Bertz CT molecular complexity index is 529. The quantitative estimate of drug-likeness (QED) is 0.610. The molecule has 0 bridgehead atoms. The van der Waals surface area contributed by atoms with Crippen molar-refractivity contribution in [2.24, 2.45) is 23.5 Å². The molecule has 0 amide bonds. The molecule has 25 heavy (non-hydrogen) atoms. The average Bonchev–Trinajstić information content (AvgIpc) is 2.65. The molecule has 0 spiro atoms. The van der Waals surface area contributed by atoms with E-state index in [1.54, 1.807) is 6.07 Å². The van der Waals surface area contributed by atoms with E-state index in [2.05, 4.69) is 0 Å². The molecule has 0 aromatic heterocycles. The molecule has 0 aliphatic heterocycles. The molecule has 1 aromatic rings. The van der Waals surface area contributed by atoms with E-state index in [9.17, 15) is 8.78 Å². The Hall–Kier alpha value is -0.960. The van der Waals surface area contributed by atoms with Gasteiger partial charge in [-0.25, -0.2) is 8.78 Å². The maximum Gasteiger partial charge on any atom is 0.159 e. The van der Waals surface area contributed by atoms with Crippen molar-refractivity contribution in [2.75, 3.05) is 6.54 Å². The molecule has 1 nitrogen and oxygen atoms in total. The Kier molecular flexibility index (Phi) is 6.86. The van der Waals surface area contributed by atoms with Gasteiger partial charge in [-0.2, -0.15) is 0 Å². The molecule has 0 atom stereocenters. The minimum atomic E-state index is -0.736. The van der Waals surface area contributed by atoms with E-state index >= 15 is 0 Å². The molecular formula is C22H33F2N. The predicted molar refractivity (Wildman–Crippen MR) is 99.4 cm³/mol. The van der Waals surface area contributed by atoms with Gasteiger partial charge in [-0.3, -0.25) is 0 Å². The Balaban J connectivity index is 1.43. The van der Waals surface area contributed by atoms with Gasteiger partial charge in [0.1, 0.15) is 0 Å². The van der Waals surface area contributed by atoms with E-state index in [1.165, 1.54) is 69.9 Å². The molecular weight excluding hydrogens is 316 g/mol. The predicted octanol–water partition coefficient (Wildman–Crippen LogP) is 6.17. The second kappa shape index (κ2) is 9.12. The molecule has 3 rings (SSSR count). The summed E-state index contributed by atoms with van der Waals surface area (Å²) < 4.78 is 26.6. The SMILES string of the molecule is NCCCCC1CCC(C2CCC(c3ccc(F)c(F)c3)CC2)CC1. The number of nitrogens with two attached hydrogens (primary N) is 1. The summed E-state index contributed by atoms with van der Waals surface area (Å²) in [5.74, 6) is 1.66. The molecule has 2 aliphatic carbocycles. The van der Waals surface area contributed by atoms with Crippen LogP contribution in [0.5, 0.6) is 0 Å². The fraction of sp³-hybridized carbons (Fsp3) is 0.727. The zero-order chi connectivity index (χ0) is 17.6. The molecule has 140 valence electrons. The summed E-state index contributed by atoms with van der Waals surface area (Å²) in [7, 11) is 0. The van der Waals surface area contributed by atoms with Crippen LogP contribution in [-0.2, 0) is 0 Å². The van der Waals surface area contributed by atoms with Crippen LogP contribution in [0.3, 0.4) is 0 Å². The molecule has 0 radical (unpaired) electrons. The van der Waals surface area contributed by atoms with Gasteiger partial charge in [0.25, 0.3) is 0 Å². The zero-order valence-corrected chi connectivity index (χ0v) is 15.4. The second-order valence-corrected chi connectivity index (χ2v) is 8.35. The summed E-state index contributed by atoms with van der Waals surface area (Å²) in [6.45, 7) is 0.830. The van der Waals surface area contributed by atoms with Crippen molar-refractivity contribution in [2.45, 2.75) is 76.5 Å². The lowest BCUT2D eigenvalue weighted by Crippen LogP contribution is -2.25. The van der Waals surface area contributed by atoms with E-state index < -0.39 is 11.6 Å². The average molecular weight is 350 g/mol. The van der Waals surface area contributed by atoms with Crippen molar-refractivity contribution in [1.82, 2.24) is 0 Å². The van der Waals surface area contributed by atoms with Crippen LogP contribution in [0.25, 0.3) is 0 Å². The van der Waals surface area contributed by atoms with Gasteiger partial charge in [0, 0.05) is 0 Å². The molecule has 2 aliphatic rings. The molecule has 0 unspecified atom stereocenters. The van der Waals surface area contributed by atoms with E-state index in [1.807, 2.05) is 0 Å². The van der Waals surface area contributed by atoms with E-state index in [0.29, 0.717) is 5.92 Å². The first kappa shape index (κ1) is 18.8. The summed E-state index contributed by atoms with van der Waals surface area (Å²) in [6.07, 6.45) is 14.2. The summed E-state index contributed by atoms with van der Waals surface area (Å²) in [5, 5.41) is 0. The Morgan fingerprint density at radius 1 is 0.800 bits per heavy atom. The molecule has 2 fully saturated rings. The highest BCUT2D eigenvalue weighted by atomic mass is 19.2. The van der Waals surface area contributed by atoms with Crippen molar-refractivity contribution in [3.63, 3.8) is 0 Å². The van der Waals surface area contributed by atoms with Crippen LogP contribution in [0.2, 0.25) is 0 Å². The third kappa shape index (κ3) is 5.03. The minimum Gasteiger partial charge on any atom is -0.330 e. The highest BCUT2D eigenvalue weighted by Gasteiger charge is 2.31. The second-order valence-electron chi connectivity index (χ2n) is 8.35. The van der Waals surface area contributed by atoms with Gasteiger partial charge >= 0.3 is 0 Å². The fourth-order valence-electron chi connectivity index (χ4n) is 5.22. The number of unbranched alkanes of at least 4 members (excludes halogenated alkanes) is 1. The van der Waals surface area contributed by atoms with E-state index in [0.717, 1.165) is 42.7 Å². The minimum absolute atomic E-state index is 0.416. The number of hydrogen-bond acceptors (Lipinski definition) is 1. The summed E-state index contributed by atoms with van der Waals surface area (Å²) in [4.78, 5) is 0. The van der Waals surface area contributed by atoms with Crippen LogP contribution in [0.4, 0.5) is 8.78 Å². The standard InChI is InChI=1S/C22H33F2N/c23-21-13-12-20(15-22(21)24)19-10-8-18(9-11-19)17-6-4-16(5-7-17)3-1-2-14-25/h12-13,15-19H,1-11,14,25H2. The molecule has 3 heteroatoms. The first-order valence-corrected chi connectivity index (χ1v) is 10.3. The Morgan fingerprint density at radius 3 is 2.04 bits per heavy atom. The van der Waals surface area contributed by atoms with Crippen LogP contribution < -0.4 is 5.73 Å². The largest absolute Gasteiger partial charge is 0.330 e. The topological polar surface area (TPSA) is 26.0 Å². The summed E-state index contributed by atoms with van der Waals surface area (Å²) in [6, 6.07) is 4.46. The van der Waals surface area contributed by atoms with Crippen molar-refractivity contribution in [3.05, 3.63) is 35.4 Å². The molecule has 2 N–H and O–H groups in total. The van der Waals surface area contributed by atoms with Gasteiger partial charge in [0.05, 0.1) is 0 Å². The molecule has 0 saturated heterocycles. The van der Waals surface area contributed by atoms with Gasteiger partial charge in [-0.1, -0.05) is 31.7 Å². The van der Waals surface area contributed by atoms with Crippen LogP contribution in [0.1, 0.15) is 82.1 Å². The molecule has 1 aromatic carbocycles. The van der Waals surface area contributed by atoms with Gasteiger partial charge < -0.3 is 5.73 Å². The number of rotatable bonds is 6. The molecule has 2 saturated carbocycles. The summed E-state index contributed by atoms with van der Waals surface area (Å²) in [5.41, 5.74) is 6.58. The maximum atomic E-state index is 13.5. The Labute approximate surface area is 151 Å². The van der Waals surface area contributed by atoms with Crippen molar-refractivity contribution >= 4 is 0 Å². The number of benzene rings is 1. The van der Waals surface area contributed by atoms with E-state index in [4.69, 9.17) is 5.73 Å². The van der Waals surface area contributed by atoms with Crippen molar-refractivity contribution in [3.8, 4) is 0 Å². The van der Waals surface area contributed by atoms with Crippen molar-refractivity contribution < 1.29 is 8.78 Å². The smallest absolute Gasteiger partial charge is 0.159 e. The lowest BCUT2D eigenvalue weighted by Gasteiger charge is -2.38. The lowest BCUT2D eigenvalue weighted by molar-refractivity contribution is 0.155. The van der Waals surface area contributed by atoms with Crippen LogP contribution in [0.15, 0.2) is 18.2 Å². The monoisotopic (exact) mass is 349 g/mol. The van der Waals surface area contributed by atoms with Gasteiger partial charge in [-0.15, -0.1) is 0 Å². The zero-order valence-electron chi connectivity index (χ0n) is 15.4. The third-order valence-electron chi connectivity index (χ3n) is 6.81. The number of hydrogen-bond donors (Lipinski definition) is 1. The van der Waals surface area contributed by atoms with Crippen LogP contribution in [-0.4, -0.2) is 6.54 Å². The van der Waals surface area contributed by atoms with Gasteiger partial charge in [-0.05, 0) is 92.9 Å². The highest BCUT2D eigenvalue weighted by Crippen LogP contribution is 2.44. The van der Waals surface area contributed by atoms with Crippen molar-refractivity contribution in [1.29, 1.82) is 0 Å². The fourth-order valence-corrected chi connectivity index (χ4v) is 5.22. The summed E-state index contributed by atoms with van der Waals surface area (Å²) >= 11 is 0. The van der Waals surface area contributed by atoms with Gasteiger partial charge in [0.2, 0.25) is 0 Å². The maximum absolute atomic E-state index is 13.5. The first-order valence-electron chi connectivity index (χ1n) is 10.3. The Morgan fingerprint density at radius 2 is 1.44 bits per heavy atom. The normalized spacial score (nSPS) is 30.4. The van der Waals surface area contributed by atoms with E-state index in [-0.39, 0.29) is 0 Å². The first-order chi connectivity index (χ1) is 12.2. The van der Waals surface area contributed by atoms with Gasteiger partial charge in [0.15, 0.2) is 11.6 Å². The lowest BCUT2D eigenvalue weighted by atomic mass is 9.68. The third-order valence-corrected chi connectivity index (χ3v) is 6.81. The highest BCUT2D eigenvalue weighted by molar-refractivity contribution is 5.22. The van der Waals surface area contributed by atoms with Crippen LogP contribution in [0, 0.1) is 29.4 Å². The molecule has 0 heterocycles. The number of halogens is 2.